The van der Waals surface area contributed by atoms with E-state index in [0.717, 1.165) is 42.3 Å². The molecule has 1 aliphatic rings. The highest BCUT2D eigenvalue weighted by atomic mass is 35.5. The molecular formula is C17H26Cl2N2O2. The Morgan fingerprint density at radius 2 is 2.30 bits per heavy atom. The standard InChI is InChI=1S/C17H25ClN2O2.ClH/c1-13-11-15(18)4-5-16(13)22-10-2-8-20-17(21)6-3-14-7-9-19-12-14;/h4-5,11,14,19H,2-3,6-10,12H2,1H3,(H,20,21);1H. The molecule has 0 bridgehead atoms. The third-order valence-electron chi connectivity index (χ3n) is 3.98. The second kappa shape index (κ2) is 10.7. The fourth-order valence-corrected chi connectivity index (χ4v) is 2.87. The fourth-order valence-electron chi connectivity index (χ4n) is 2.64. The van der Waals surface area contributed by atoms with Gasteiger partial charge in [0.15, 0.2) is 0 Å². The lowest BCUT2D eigenvalue weighted by atomic mass is 10.0. The Bertz CT molecular complexity index is 491. The van der Waals surface area contributed by atoms with Crippen molar-refractivity contribution in [1.82, 2.24) is 10.6 Å². The van der Waals surface area contributed by atoms with Crippen LogP contribution >= 0.6 is 24.0 Å². The van der Waals surface area contributed by atoms with Gasteiger partial charge in [-0.3, -0.25) is 4.79 Å². The third-order valence-corrected chi connectivity index (χ3v) is 4.21. The van der Waals surface area contributed by atoms with Gasteiger partial charge < -0.3 is 15.4 Å². The monoisotopic (exact) mass is 360 g/mol. The maximum absolute atomic E-state index is 11.7. The molecule has 1 saturated heterocycles. The predicted molar refractivity (Wildman–Crippen MR) is 96.8 cm³/mol. The molecule has 4 nitrogen and oxygen atoms in total. The van der Waals surface area contributed by atoms with Crippen LogP contribution in [0.1, 0.15) is 31.2 Å². The molecule has 1 aromatic carbocycles. The first-order chi connectivity index (χ1) is 10.6. The number of amides is 1. The molecule has 0 aromatic heterocycles. The van der Waals surface area contributed by atoms with Crippen molar-refractivity contribution in [1.29, 1.82) is 0 Å². The summed E-state index contributed by atoms with van der Waals surface area (Å²) >= 11 is 5.91. The van der Waals surface area contributed by atoms with Gasteiger partial charge in [0, 0.05) is 18.0 Å². The minimum atomic E-state index is 0. The van der Waals surface area contributed by atoms with Gasteiger partial charge in [-0.25, -0.2) is 0 Å². The Hall–Kier alpha value is -0.970. The fraction of sp³-hybridized carbons (Fsp3) is 0.588. The largest absolute Gasteiger partial charge is 0.493 e. The average Bonchev–Trinajstić information content (AvgIpc) is 3.00. The number of aryl methyl sites for hydroxylation is 1. The molecular weight excluding hydrogens is 335 g/mol. The number of rotatable bonds is 8. The van der Waals surface area contributed by atoms with Crippen LogP contribution in [-0.2, 0) is 4.79 Å². The topological polar surface area (TPSA) is 50.4 Å². The second-order valence-corrected chi connectivity index (χ2v) is 6.30. The van der Waals surface area contributed by atoms with Crippen LogP contribution in [0.3, 0.4) is 0 Å². The number of halogens is 2. The summed E-state index contributed by atoms with van der Waals surface area (Å²) in [5.41, 5.74) is 1.03. The first-order valence-electron chi connectivity index (χ1n) is 8.01. The SMILES string of the molecule is Cc1cc(Cl)ccc1OCCCNC(=O)CCC1CCNC1.Cl. The highest BCUT2D eigenvalue weighted by molar-refractivity contribution is 6.30. The molecule has 0 radical (unpaired) electrons. The summed E-state index contributed by atoms with van der Waals surface area (Å²) in [4.78, 5) is 11.7. The van der Waals surface area contributed by atoms with Crippen LogP contribution in [0.15, 0.2) is 18.2 Å². The molecule has 130 valence electrons. The molecule has 1 atom stereocenters. The summed E-state index contributed by atoms with van der Waals surface area (Å²) in [5.74, 6) is 1.67. The van der Waals surface area contributed by atoms with Gasteiger partial charge in [-0.1, -0.05) is 11.6 Å². The Morgan fingerprint density at radius 1 is 1.48 bits per heavy atom. The lowest BCUT2D eigenvalue weighted by Gasteiger charge is -2.10. The molecule has 6 heteroatoms. The maximum atomic E-state index is 11.7. The summed E-state index contributed by atoms with van der Waals surface area (Å²) in [6.07, 6.45) is 3.61. The summed E-state index contributed by atoms with van der Waals surface area (Å²) in [6, 6.07) is 5.59. The van der Waals surface area contributed by atoms with Crippen LogP contribution in [0.25, 0.3) is 0 Å². The number of benzene rings is 1. The van der Waals surface area contributed by atoms with Crippen molar-refractivity contribution < 1.29 is 9.53 Å². The first kappa shape index (κ1) is 20.1. The zero-order valence-corrected chi connectivity index (χ0v) is 15.1. The van der Waals surface area contributed by atoms with Crippen molar-refractivity contribution in [2.45, 2.75) is 32.6 Å². The van der Waals surface area contributed by atoms with Gasteiger partial charge in [0.1, 0.15) is 5.75 Å². The van der Waals surface area contributed by atoms with Gasteiger partial charge in [0.2, 0.25) is 5.91 Å². The van der Waals surface area contributed by atoms with E-state index in [1.165, 1.54) is 6.42 Å². The highest BCUT2D eigenvalue weighted by Crippen LogP contribution is 2.21. The number of hydrogen-bond acceptors (Lipinski definition) is 3. The van der Waals surface area contributed by atoms with Crippen molar-refractivity contribution in [3.63, 3.8) is 0 Å². The lowest BCUT2D eigenvalue weighted by Crippen LogP contribution is -2.26. The van der Waals surface area contributed by atoms with Crippen LogP contribution in [0.5, 0.6) is 5.75 Å². The zero-order chi connectivity index (χ0) is 15.8. The van der Waals surface area contributed by atoms with Crippen LogP contribution in [0.2, 0.25) is 5.02 Å². The van der Waals surface area contributed by atoms with Crippen molar-refractivity contribution >= 4 is 29.9 Å². The van der Waals surface area contributed by atoms with E-state index in [0.29, 0.717) is 25.5 Å². The minimum absolute atomic E-state index is 0. The van der Waals surface area contributed by atoms with E-state index in [1.54, 1.807) is 0 Å². The molecule has 2 rings (SSSR count). The van der Waals surface area contributed by atoms with Gasteiger partial charge in [-0.05, 0) is 69.0 Å². The molecule has 1 aliphatic heterocycles. The smallest absolute Gasteiger partial charge is 0.220 e. The van der Waals surface area contributed by atoms with Gasteiger partial charge in [-0.2, -0.15) is 0 Å². The number of nitrogens with one attached hydrogen (secondary N) is 2. The second-order valence-electron chi connectivity index (χ2n) is 5.86. The molecule has 1 unspecified atom stereocenters. The van der Waals surface area contributed by atoms with Crippen molar-refractivity contribution in [3.8, 4) is 5.75 Å². The van der Waals surface area contributed by atoms with Crippen molar-refractivity contribution in [3.05, 3.63) is 28.8 Å². The summed E-state index contributed by atoms with van der Waals surface area (Å²) in [7, 11) is 0. The van der Waals surface area contributed by atoms with Gasteiger partial charge in [-0.15, -0.1) is 12.4 Å². The van der Waals surface area contributed by atoms with E-state index >= 15 is 0 Å². The first-order valence-corrected chi connectivity index (χ1v) is 8.39. The molecule has 0 aliphatic carbocycles. The van der Waals surface area contributed by atoms with E-state index in [-0.39, 0.29) is 18.3 Å². The maximum Gasteiger partial charge on any atom is 0.220 e. The predicted octanol–water partition coefficient (Wildman–Crippen LogP) is 3.35. The molecule has 23 heavy (non-hydrogen) atoms. The van der Waals surface area contributed by atoms with Gasteiger partial charge >= 0.3 is 0 Å². The van der Waals surface area contributed by atoms with Crippen LogP contribution in [-0.4, -0.2) is 32.1 Å². The van der Waals surface area contributed by atoms with E-state index in [2.05, 4.69) is 10.6 Å². The van der Waals surface area contributed by atoms with E-state index in [4.69, 9.17) is 16.3 Å². The Balaban J connectivity index is 0.00000264. The molecule has 2 N–H and O–H groups in total. The number of ether oxygens (including phenoxy) is 1. The Morgan fingerprint density at radius 3 is 3.00 bits per heavy atom. The van der Waals surface area contributed by atoms with E-state index < -0.39 is 0 Å². The van der Waals surface area contributed by atoms with E-state index in [9.17, 15) is 4.79 Å². The summed E-state index contributed by atoms with van der Waals surface area (Å²) < 4.78 is 5.70. The number of carbonyl (C=O) groups excluding carboxylic acids is 1. The average molecular weight is 361 g/mol. The molecule has 0 spiro atoms. The molecule has 1 aromatic rings. The van der Waals surface area contributed by atoms with Crippen LogP contribution in [0, 0.1) is 12.8 Å². The molecule has 1 heterocycles. The molecule has 1 fully saturated rings. The normalized spacial score (nSPS) is 16.7. The Kier molecular flexibility index (Phi) is 9.37. The molecule has 1 amide bonds. The molecule has 0 saturated carbocycles. The number of hydrogen-bond donors (Lipinski definition) is 2. The highest BCUT2D eigenvalue weighted by Gasteiger charge is 2.15. The summed E-state index contributed by atoms with van der Waals surface area (Å²) in [6.45, 7) is 5.37. The third kappa shape index (κ3) is 7.42. The van der Waals surface area contributed by atoms with Crippen LogP contribution < -0.4 is 15.4 Å². The zero-order valence-electron chi connectivity index (χ0n) is 13.6. The Labute approximate surface area is 149 Å². The minimum Gasteiger partial charge on any atom is -0.493 e. The van der Waals surface area contributed by atoms with Gasteiger partial charge in [0.25, 0.3) is 0 Å². The van der Waals surface area contributed by atoms with Crippen LogP contribution in [0.4, 0.5) is 0 Å². The van der Waals surface area contributed by atoms with Gasteiger partial charge in [0.05, 0.1) is 6.61 Å². The summed E-state index contributed by atoms with van der Waals surface area (Å²) in [5, 5.41) is 7.00. The lowest BCUT2D eigenvalue weighted by molar-refractivity contribution is -0.121. The van der Waals surface area contributed by atoms with Crippen molar-refractivity contribution in [2.75, 3.05) is 26.2 Å². The van der Waals surface area contributed by atoms with E-state index in [1.807, 2.05) is 25.1 Å². The van der Waals surface area contributed by atoms with Crippen molar-refractivity contribution in [2.24, 2.45) is 5.92 Å². The number of carbonyl (C=O) groups is 1. The quantitative estimate of drug-likeness (QED) is 0.699.